The molecule has 36 heavy (non-hydrogen) atoms. The number of pyridine rings is 2. The Morgan fingerprint density at radius 3 is 2.42 bits per heavy atom. The van der Waals surface area contributed by atoms with Crippen molar-refractivity contribution in [3.63, 3.8) is 0 Å². The van der Waals surface area contributed by atoms with E-state index in [1.165, 1.54) is 31.3 Å². The number of amides is 1. The van der Waals surface area contributed by atoms with Crippen LogP contribution in [0.4, 0.5) is 25.8 Å². The second-order valence-electron chi connectivity index (χ2n) is 9.76. The Hall–Kier alpha value is -3.89. The fourth-order valence-corrected chi connectivity index (χ4v) is 4.71. The normalized spacial score (nSPS) is 19.7. The standard InChI is InChI=1S/C25H27F2N5O4/c1-13-6-5-10-28-15(13)22(24(2)8-9-25(26,27)12-24)31-17-16(20(34)21(17)35)30-14-7-11-29-18(19(14)33)23(36)32(3)4/h5-7,10-11,22,31,33H,8-9,12H2,1-4H3,(H,29,30)/t22-,24-/m1/s1. The average molecular weight is 500 g/mol. The lowest BCUT2D eigenvalue weighted by Crippen LogP contribution is -2.40. The lowest BCUT2D eigenvalue weighted by atomic mass is 9.77. The molecule has 11 heteroatoms. The molecule has 190 valence electrons. The number of hydrogen-bond donors (Lipinski definition) is 3. The van der Waals surface area contributed by atoms with Crippen LogP contribution in [-0.2, 0) is 0 Å². The maximum absolute atomic E-state index is 14.3. The zero-order valence-electron chi connectivity index (χ0n) is 20.4. The summed E-state index contributed by atoms with van der Waals surface area (Å²) in [5.74, 6) is -3.90. The van der Waals surface area contributed by atoms with Crippen LogP contribution in [0.2, 0.25) is 0 Å². The first kappa shape index (κ1) is 25.2. The van der Waals surface area contributed by atoms with E-state index in [4.69, 9.17) is 0 Å². The maximum Gasteiger partial charge on any atom is 0.275 e. The molecule has 2 atom stereocenters. The lowest BCUT2D eigenvalue weighted by molar-refractivity contribution is -0.00428. The highest BCUT2D eigenvalue weighted by atomic mass is 19.3. The molecule has 1 amide bonds. The second-order valence-corrected chi connectivity index (χ2v) is 9.76. The molecule has 2 heterocycles. The SMILES string of the molecule is Cc1cccnc1[C@@H](Nc1c(Nc2ccnc(C(=O)N(C)C)c2O)c(=O)c1=O)[C@]1(C)CCC(F)(F)C1. The first-order valence-electron chi connectivity index (χ1n) is 11.4. The van der Waals surface area contributed by atoms with E-state index in [9.17, 15) is 28.3 Å². The average Bonchev–Trinajstić information content (AvgIpc) is 3.12. The predicted octanol–water partition coefficient (Wildman–Crippen LogP) is 3.51. The monoisotopic (exact) mass is 499 g/mol. The van der Waals surface area contributed by atoms with Gasteiger partial charge in [-0.2, -0.15) is 0 Å². The summed E-state index contributed by atoms with van der Waals surface area (Å²) in [5, 5.41) is 16.3. The molecule has 1 aliphatic rings. The van der Waals surface area contributed by atoms with Gasteiger partial charge in [0, 0.05) is 39.3 Å². The number of carbonyl (C=O) groups excluding carboxylic acids is 1. The van der Waals surface area contributed by atoms with Gasteiger partial charge in [0.25, 0.3) is 16.8 Å². The Morgan fingerprint density at radius 2 is 1.81 bits per heavy atom. The topological polar surface area (TPSA) is 125 Å². The van der Waals surface area contributed by atoms with E-state index in [1.54, 1.807) is 32.2 Å². The summed E-state index contributed by atoms with van der Waals surface area (Å²) in [4.78, 5) is 46.9. The van der Waals surface area contributed by atoms with Crippen molar-refractivity contribution in [2.45, 2.75) is 45.1 Å². The molecule has 9 nitrogen and oxygen atoms in total. The largest absolute Gasteiger partial charge is 0.504 e. The minimum absolute atomic E-state index is 0.00507. The molecule has 3 aromatic rings. The number of anilines is 3. The quantitative estimate of drug-likeness (QED) is 0.422. The van der Waals surface area contributed by atoms with E-state index in [2.05, 4.69) is 20.6 Å². The Bertz CT molecular complexity index is 1400. The van der Waals surface area contributed by atoms with Crippen LogP contribution in [0.5, 0.6) is 5.75 Å². The van der Waals surface area contributed by atoms with Crippen LogP contribution in [-0.4, -0.2) is 45.9 Å². The third-order valence-electron chi connectivity index (χ3n) is 6.74. The Balaban J connectivity index is 1.72. The van der Waals surface area contributed by atoms with E-state index in [0.717, 1.165) is 5.56 Å². The van der Waals surface area contributed by atoms with Crippen LogP contribution >= 0.6 is 0 Å². The highest BCUT2D eigenvalue weighted by Gasteiger charge is 2.52. The number of nitrogens with zero attached hydrogens (tertiary/aromatic N) is 3. The van der Waals surface area contributed by atoms with Gasteiger partial charge in [-0.3, -0.25) is 19.4 Å². The van der Waals surface area contributed by atoms with Gasteiger partial charge in [0.15, 0.2) is 11.4 Å². The first-order valence-corrected chi connectivity index (χ1v) is 11.4. The molecule has 3 N–H and O–H groups in total. The van der Waals surface area contributed by atoms with Crippen molar-refractivity contribution in [1.82, 2.24) is 14.9 Å². The number of halogens is 2. The van der Waals surface area contributed by atoms with Gasteiger partial charge in [-0.25, -0.2) is 13.8 Å². The summed E-state index contributed by atoms with van der Waals surface area (Å²) < 4.78 is 28.6. The number of aromatic hydroxyl groups is 1. The summed E-state index contributed by atoms with van der Waals surface area (Å²) in [5.41, 5.74) is -1.84. The molecule has 1 fully saturated rings. The van der Waals surface area contributed by atoms with Crippen molar-refractivity contribution in [3.8, 4) is 5.75 Å². The van der Waals surface area contributed by atoms with Crippen molar-refractivity contribution in [1.29, 1.82) is 0 Å². The minimum Gasteiger partial charge on any atom is -0.504 e. The molecule has 0 saturated heterocycles. The molecule has 0 aliphatic heterocycles. The van der Waals surface area contributed by atoms with Crippen molar-refractivity contribution in [2.24, 2.45) is 5.41 Å². The molecule has 0 spiro atoms. The fourth-order valence-electron chi connectivity index (χ4n) is 4.71. The van der Waals surface area contributed by atoms with Crippen molar-refractivity contribution in [2.75, 3.05) is 24.7 Å². The van der Waals surface area contributed by atoms with Crippen LogP contribution in [0.25, 0.3) is 0 Å². The molecular weight excluding hydrogens is 472 g/mol. The molecular formula is C25H27F2N5O4. The van der Waals surface area contributed by atoms with E-state index in [1.807, 2.05) is 0 Å². The van der Waals surface area contributed by atoms with Gasteiger partial charge in [0.05, 0.1) is 17.4 Å². The maximum atomic E-state index is 14.3. The number of alkyl halides is 2. The third-order valence-corrected chi connectivity index (χ3v) is 6.74. The lowest BCUT2D eigenvalue weighted by Gasteiger charge is -2.36. The van der Waals surface area contributed by atoms with E-state index < -0.39 is 46.3 Å². The van der Waals surface area contributed by atoms with Gasteiger partial charge in [-0.1, -0.05) is 13.0 Å². The van der Waals surface area contributed by atoms with Crippen LogP contribution in [0.15, 0.2) is 40.2 Å². The number of nitrogens with one attached hydrogen (secondary N) is 2. The molecule has 1 saturated carbocycles. The van der Waals surface area contributed by atoms with Gasteiger partial charge >= 0.3 is 0 Å². The first-order chi connectivity index (χ1) is 16.8. The zero-order chi connectivity index (χ0) is 26.4. The highest BCUT2D eigenvalue weighted by molar-refractivity contribution is 5.97. The van der Waals surface area contributed by atoms with Gasteiger partial charge in [0.2, 0.25) is 5.92 Å². The van der Waals surface area contributed by atoms with Crippen molar-refractivity contribution in [3.05, 3.63) is 68.0 Å². The second kappa shape index (κ2) is 8.96. The molecule has 1 aromatic carbocycles. The molecule has 4 rings (SSSR count). The summed E-state index contributed by atoms with van der Waals surface area (Å²) in [6.45, 7) is 3.51. The van der Waals surface area contributed by atoms with Crippen LogP contribution in [0, 0.1) is 12.3 Å². The number of carbonyl (C=O) groups is 1. The third kappa shape index (κ3) is 4.40. The molecule has 2 aromatic heterocycles. The van der Waals surface area contributed by atoms with Crippen LogP contribution in [0.3, 0.4) is 0 Å². The van der Waals surface area contributed by atoms with Gasteiger partial charge in [-0.15, -0.1) is 0 Å². The molecule has 0 bridgehead atoms. The summed E-state index contributed by atoms with van der Waals surface area (Å²) >= 11 is 0. The number of rotatable bonds is 7. The van der Waals surface area contributed by atoms with E-state index in [-0.39, 0.29) is 35.6 Å². The number of aromatic nitrogens is 2. The highest BCUT2D eigenvalue weighted by Crippen LogP contribution is 2.54. The van der Waals surface area contributed by atoms with Crippen LogP contribution in [0.1, 0.15) is 54.0 Å². The summed E-state index contributed by atoms with van der Waals surface area (Å²) in [6, 6.07) is 4.09. The van der Waals surface area contributed by atoms with Crippen molar-refractivity contribution >= 4 is 23.0 Å². The zero-order valence-corrected chi connectivity index (χ0v) is 20.4. The molecule has 0 radical (unpaired) electrons. The Kier molecular flexibility index (Phi) is 6.27. The number of hydrogen-bond acceptors (Lipinski definition) is 8. The van der Waals surface area contributed by atoms with E-state index in [0.29, 0.717) is 5.69 Å². The smallest absolute Gasteiger partial charge is 0.275 e. The number of aryl methyl sites for hydroxylation is 1. The minimum atomic E-state index is -2.86. The van der Waals surface area contributed by atoms with E-state index >= 15 is 0 Å². The van der Waals surface area contributed by atoms with Gasteiger partial charge < -0.3 is 20.6 Å². The summed E-state index contributed by atoms with van der Waals surface area (Å²) in [7, 11) is 2.99. The van der Waals surface area contributed by atoms with Crippen LogP contribution < -0.4 is 21.5 Å². The van der Waals surface area contributed by atoms with Crippen molar-refractivity contribution < 1.29 is 18.7 Å². The predicted molar refractivity (Wildman–Crippen MR) is 131 cm³/mol. The molecule has 1 aliphatic carbocycles. The summed E-state index contributed by atoms with van der Waals surface area (Å²) in [6.07, 6.45) is 2.31. The van der Waals surface area contributed by atoms with Gasteiger partial charge in [0.1, 0.15) is 11.4 Å². The Labute approximate surface area is 205 Å². The fraction of sp³-hybridized carbons (Fsp3) is 0.400. The molecule has 0 unspecified atom stereocenters. The van der Waals surface area contributed by atoms with Gasteiger partial charge in [-0.05, 0) is 36.5 Å². The Morgan fingerprint density at radius 1 is 1.11 bits per heavy atom.